The average Bonchev–Trinajstić information content (AvgIpc) is 3.15. The molecule has 0 unspecified atom stereocenters. The second-order valence-electron chi connectivity index (χ2n) is 7.87. The topological polar surface area (TPSA) is 95.2 Å². The third-order valence-electron chi connectivity index (χ3n) is 5.48. The maximum Gasteiger partial charge on any atom is 0.233 e. The minimum Gasteiger partial charge on any atom is -0.472 e. The third kappa shape index (κ3) is 4.91. The molecule has 3 aromatic heterocycles. The maximum atomic E-state index is 5.86. The average molecular weight is 422 g/mol. The molecule has 3 aromatic rings. The highest BCUT2D eigenvalue weighted by atomic mass is 16.5. The molecular formula is C23H27N5O3. The molecule has 0 spiro atoms. The minimum absolute atomic E-state index is 0.269. The van der Waals surface area contributed by atoms with Gasteiger partial charge in [-0.05, 0) is 44.4 Å². The summed E-state index contributed by atoms with van der Waals surface area (Å²) in [6.45, 7) is 11.9. The van der Waals surface area contributed by atoms with Crippen LogP contribution in [0.2, 0.25) is 0 Å². The molecule has 31 heavy (non-hydrogen) atoms. The summed E-state index contributed by atoms with van der Waals surface area (Å²) in [4.78, 5) is 4.33. The van der Waals surface area contributed by atoms with Gasteiger partial charge in [0.05, 0.1) is 17.9 Å². The van der Waals surface area contributed by atoms with Crippen molar-refractivity contribution < 1.29 is 14.0 Å². The van der Waals surface area contributed by atoms with E-state index >= 15 is 0 Å². The standard InChI is InChI=1S/C23H27N5O3/c1-14-12-29-10-9-20(14)25-16(3)21-7-8-22(27-26-21)30-13-19-17(4)31-28-23(19)18-6-5-15(2)24-11-18/h5-8,11,14,20,25H,3,9-10,12-13H2,1-2,4H3/t14-,20+/m0/s1. The molecule has 1 fully saturated rings. The van der Waals surface area contributed by atoms with E-state index < -0.39 is 0 Å². The van der Waals surface area contributed by atoms with Crippen molar-refractivity contribution in [3.8, 4) is 17.1 Å². The van der Waals surface area contributed by atoms with Crippen LogP contribution in [0, 0.1) is 19.8 Å². The lowest BCUT2D eigenvalue weighted by atomic mass is 9.97. The lowest BCUT2D eigenvalue weighted by Gasteiger charge is -2.30. The number of nitrogens with zero attached hydrogens (tertiary/aromatic N) is 4. The molecule has 1 aliphatic heterocycles. The van der Waals surface area contributed by atoms with Gasteiger partial charge in [-0.25, -0.2) is 0 Å². The fraction of sp³-hybridized carbons (Fsp3) is 0.391. The summed E-state index contributed by atoms with van der Waals surface area (Å²) in [5.74, 6) is 1.54. The Hall–Kier alpha value is -3.26. The lowest BCUT2D eigenvalue weighted by molar-refractivity contribution is 0.0434. The van der Waals surface area contributed by atoms with Crippen molar-refractivity contribution in [2.45, 2.75) is 39.8 Å². The van der Waals surface area contributed by atoms with Gasteiger partial charge in [0.15, 0.2) is 0 Å². The van der Waals surface area contributed by atoms with Gasteiger partial charge in [0.25, 0.3) is 0 Å². The number of aromatic nitrogens is 4. The number of hydrogen-bond acceptors (Lipinski definition) is 8. The number of ether oxygens (including phenoxy) is 2. The predicted molar refractivity (Wildman–Crippen MR) is 116 cm³/mol. The summed E-state index contributed by atoms with van der Waals surface area (Å²) in [6.07, 6.45) is 2.73. The molecule has 0 bridgehead atoms. The van der Waals surface area contributed by atoms with Crippen molar-refractivity contribution in [2.24, 2.45) is 5.92 Å². The Kier molecular flexibility index (Phi) is 6.27. The van der Waals surface area contributed by atoms with Gasteiger partial charge in [0, 0.05) is 36.2 Å². The zero-order chi connectivity index (χ0) is 21.8. The first-order chi connectivity index (χ1) is 15.0. The summed E-state index contributed by atoms with van der Waals surface area (Å²) in [5, 5.41) is 16.1. The van der Waals surface area contributed by atoms with E-state index in [2.05, 4.69) is 39.2 Å². The molecule has 1 saturated heterocycles. The van der Waals surface area contributed by atoms with Crippen LogP contribution in [0.25, 0.3) is 17.0 Å². The molecule has 8 heteroatoms. The van der Waals surface area contributed by atoms with E-state index in [1.807, 2.05) is 32.0 Å². The van der Waals surface area contributed by atoms with Gasteiger partial charge in [-0.1, -0.05) is 18.7 Å². The third-order valence-corrected chi connectivity index (χ3v) is 5.48. The first-order valence-corrected chi connectivity index (χ1v) is 10.4. The van der Waals surface area contributed by atoms with Gasteiger partial charge >= 0.3 is 0 Å². The number of hydrogen-bond donors (Lipinski definition) is 1. The highest BCUT2D eigenvalue weighted by Gasteiger charge is 2.22. The zero-order valence-electron chi connectivity index (χ0n) is 18.1. The molecular weight excluding hydrogens is 394 g/mol. The molecule has 1 aliphatic rings. The van der Waals surface area contributed by atoms with Gasteiger partial charge < -0.3 is 19.3 Å². The SMILES string of the molecule is C=C(N[C@@H]1CCOC[C@@H]1C)c1ccc(OCc2c(-c3ccc(C)nc3)noc2C)nn1. The van der Waals surface area contributed by atoms with Crippen LogP contribution in [0.4, 0.5) is 0 Å². The Labute approximate surface area is 181 Å². The molecule has 0 aromatic carbocycles. The molecule has 0 saturated carbocycles. The summed E-state index contributed by atoms with van der Waals surface area (Å²) in [7, 11) is 0. The van der Waals surface area contributed by atoms with E-state index in [9.17, 15) is 0 Å². The van der Waals surface area contributed by atoms with Crippen molar-refractivity contribution in [1.82, 2.24) is 25.7 Å². The van der Waals surface area contributed by atoms with Crippen LogP contribution < -0.4 is 10.1 Å². The fourth-order valence-corrected chi connectivity index (χ4v) is 3.49. The molecule has 0 radical (unpaired) electrons. The normalized spacial score (nSPS) is 18.5. The van der Waals surface area contributed by atoms with E-state index in [0.717, 1.165) is 47.8 Å². The number of rotatable bonds is 7. The van der Waals surface area contributed by atoms with Gasteiger partial charge in [-0.2, -0.15) is 0 Å². The first kappa shape index (κ1) is 21.0. The molecule has 162 valence electrons. The highest BCUT2D eigenvalue weighted by Crippen LogP contribution is 2.26. The Bertz CT molecular complexity index is 1030. The van der Waals surface area contributed by atoms with Crippen LogP contribution in [0.5, 0.6) is 5.88 Å². The van der Waals surface area contributed by atoms with Crippen LogP contribution in [0.15, 0.2) is 41.6 Å². The summed E-state index contributed by atoms with van der Waals surface area (Å²) >= 11 is 0. The molecule has 4 heterocycles. The molecule has 2 atom stereocenters. The number of aryl methyl sites for hydroxylation is 2. The van der Waals surface area contributed by atoms with E-state index in [1.165, 1.54) is 0 Å². The van der Waals surface area contributed by atoms with Gasteiger partial charge in [0.1, 0.15) is 23.8 Å². The van der Waals surface area contributed by atoms with E-state index in [-0.39, 0.29) is 6.61 Å². The fourth-order valence-electron chi connectivity index (χ4n) is 3.49. The summed E-state index contributed by atoms with van der Waals surface area (Å²) in [6, 6.07) is 7.88. The Morgan fingerprint density at radius 2 is 2.10 bits per heavy atom. The van der Waals surface area contributed by atoms with Crippen molar-refractivity contribution in [1.29, 1.82) is 0 Å². The predicted octanol–water partition coefficient (Wildman–Crippen LogP) is 3.71. The molecule has 0 amide bonds. The van der Waals surface area contributed by atoms with Crippen LogP contribution in [-0.4, -0.2) is 39.6 Å². The van der Waals surface area contributed by atoms with E-state index in [4.69, 9.17) is 14.0 Å². The molecule has 8 nitrogen and oxygen atoms in total. The van der Waals surface area contributed by atoms with Crippen molar-refractivity contribution in [2.75, 3.05) is 13.2 Å². The van der Waals surface area contributed by atoms with Crippen molar-refractivity contribution in [3.05, 3.63) is 59.8 Å². The van der Waals surface area contributed by atoms with Crippen LogP contribution >= 0.6 is 0 Å². The number of nitrogens with one attached hydrogen (secondary N) is 1. The van der Waals surface area contributed by atoms with Crippen molar-refractivity contribution >= 4 is 5.70 Å². The zero-order valence-corrected chi connectivity index (χ0v) is 18.1. The van der Waals surface area contributed by atoms with Crippen LogP contribution in [0.1, 0.15) is 36.1 Å². The van der Waals surface area contributed by atoms with Crippen LogP contribution in [-0.2, 0) is 11.3 Å². The summed E-state index contributed by atoms with van der Waals surface area (Å²) in [5.41, 5.74) is 4.85. The second-order valence-corrected chi connectivity index (χ2v) is 7.87. The second kappa shape index (κ2) is 9.26. The monoisotopic (exact) mass is 421 g/mol. The lowest BCUT2D eigenvalue weighted by Crippen LogP contribution is -2.40. The Morgan fingerprint density at radius 1 is 1.23 bits per heavy atom. The number of pyridine rings is 1. The van der Waals surface area contributed by atoms with E-state index in [1.54, 1.807) is 12.3 Å². The van der Waals surface area contributed by atoms with Crippen molar-refractivity contribution in [3.63, 3.8) is 0 Å². The molecule has 4 rings (SSSR count). The molecule has 1 N–H and O–H groups in total. The highest BCUT2D eigenvalue weighted by molar-refractivity contribution is 5.62. The summed E-state index contributed by atoms with van der Waals surface area (Å²) < 4.78 is 16.7. The van der Waals surface area contributed by atoms with E-state index in [0.29, 0.717) is 29.3 Å². The van der Waals surface area contributed by atoms with Gasteiger partial charge in [-0.3, -0.25) is 4.98 Å². The minimum atomic E-state index is 0.269. The Balaban J connectivity index is 1.39. The quantitative estimate of drug-likeness (QED) is 0.617. The first-order valence-electron chi connectivity index (χ1n) is 10.4. The largest absolute Gasteiger partial charge is 0.472 e. The maximum absolute atomic E-state index is 5.86. The smallest absolute Gasteiger partial charge is 0.233 e. The Morgan fingerprint density at radius 3 is 2.81 bits per heavy atom. The van der Waals surface area contributed by atoms with Gasteiger partial charge in [0.2, 0.25) is 5.88 Å². The van der Waals surface area contributed by atoms with Gasteiger partial charge in [-0.15, -0.1) is 10.2 Å². The van der Waals surface area contributed by atoms with Crippen LogP contribution in [0.3, 0.4) is 0 Å². The molecule has 0 aliphatic carbocycles.